The van der Waals surface area contributed by atoms with Crippen LogP contribution in [0.25, 0.3) is 21.8 Å². The number of imidazole rings is 1. The predicted octanol–water partition coefficient (Wildman–Crippen LogP) is 6.07. The minimum Gasteiger partial charge on any atom is -0.323 e. The summed E-state index contributed by atoms with van der Waals surface area (Å²) in [5, 5.41) is 2.50. The summed E-state index contributed by atoms with van der Waals surface area (Å²) in [6.45, 7) is 3.44. The molecule has 1 aliphatic rings. The number of amides is 1. The van der Waals surface area contributed by atoms with Crippen LogP contribution < -0.4 is 4.90 Å². The second-order valence-corrected chi connectivity index (χ2v) is 8.93. The Morgan fingerprint density at radius 2 is 1.70 bits per heavy atom. The monoisotopic (exact) mass is 431 g/mol. The smallest absolute Gasteiger partial charge is 0.227 e. The highest BCUT2D eigenvalue weighted by Crippen LogP contribution is 2.34. The maximum atomic E-state index is 13.0. The van der Waals surface area contributed by atoms with E-state index in [4.69, 9.17) is 4.98 Å². The van der Waals surface area contributed by atoms with Gasteiger partial charge in [-0.05, 0) is 53.1 Å². The molecular formula is C29H25N3O. The van der Waals surface area contributed by atoms with Crippen molar-refractivity contribution in [1.29, 1.82) is 0 Å². The lowest BCUT2D eigenvalue weighted by molar-refractivity contribution is -0.117. The zero-order valence-electron chi connectivity index (χ0n) is 18.6. The van der Waals surface area contributed by atoms with E-state index in [9.17, 15) is 4.79 Å². The molecule has 1 aliphatic heterocycles. The van der Waals surface area contributed by atoms with E-state index in [1.165, 1.54) is 16.3 Å². The molecule has 0 aliphatic carbocycles. The highest BCUT2D eigenvalue weighted by molar-refractivity contribution is 5.96. The lowest BCUT2D eigenvalue weighted by Crippen LogP contribution is -2.24. The zero-order chi connectivity index (χ0) is 22.4. The van der Waals surface area contributed by atoms with Gasteiger partial charge in [-0.2, -0.15) is 0 Å². The van der Waals surface area contributed by atoms with Crippen LogP contribution in [0.4, 0.5) is 5.69 Å². The van der Waals surface area contributed by atoms with E-state index in [0.29, 0.717) is 13.0 Å². The van der Waals surface area contributed by atoms with E-state index in [0.717, 1.165) is 34.7 Å². The Balaban J connectivity index is 1.42. The van der Waals surface area contributed by atoms with Gasteiger partial charge in [0.05, 0.1) is 11.0 Å². The summed E-state index contributed by atoms with van der Waals surface area (Å²) in [6, 6.07) is 31.4. The molecule has 6 rings (SSSR count). The number of anilines is 1. The topological polar surface area (TPSA) is 38.1 Å². The first-order valence-corrected chi connectivity index (χ1v) is 11.5. The molecule has 1 atom stereocenters. The summed E-state index contributed by atoms with van der Waals surface area (Å²) >= 11 is 0. The van der Waals surface area contributed by atoms with Gasteiger partial charge in [0.1, 0.15) is 5.82 Å². The van der Waals surface area contributed by atoms with E-state index >= 15 is 0 Å². The van der Waals surface area contributed by atoms with Crippen LogP contribution in [0.5, 0.6) is 0 Å². The van der Waals surface area contributed by atoms with E-state index in [1.807, 2.05) is 23.1 Å². The molecule has 1 aromatic heterocycles. The molecule has 0 unspecified atom stereocenters. The van der Waals surface area contributed by atoms with Crippen LogP contribution in [-0.4, -0.2) is 22.0 Å². The van der Waals surface area contributed by atoms with Crippen molar-refractivity contribution in [2.45, 2.75) is 25.8 Å². The number of fused-ring (bicyclic) bond motifs is 2. The molecule has 4 aromatic carbocycles. The van der Waals surface area contributed by atoms with Gasteiger partial charge in [-0.1, -0.05) is 66.7 Å². The van der Waals surface area contributed by atoms with E-state index in [-0.39, 0.29) is 11.8 Å². The Labute approximate surface area is 193 Å². The molecule has 1 fully saturated rings. The Bertz CT molecular complexity index is 1490. The van der Waals surface area contributed by atoms with Gasteiger partial charge in [-0.15, -0.1) is 0 Å². The number of hydrogen-bond acceptors (Lipinski definition) is 2. The van der Waals surface area contributed by atoms with Crippen LogP contribution in [0.15, 0.2) is 91.0 Å². The molecule has 4 nitrogen and oxygen atoms in total. The average molecular weight is 432 g/mol. The quantitative estimate of drug-likeness (QED) is 0.347. The molecule has 0 radical (unpaired) electrons. The molecule has 5 aromatic rings. The first-order valence-electron chi connectivity index (χ1n) is 11.5. The van der Waals surface area contributed by atoms with E-state index < -0.39 is 0 Å². The SMILES string of the molecule is Cc1cccc(N2C[C@H](c3nc4ccccc4n3Cc3cccc4ccccc34)CC2=O)c1. The number of aryl methyl sites for hydroxylation is 1. The summed E-state index contributed by atoms with van der Waals surface area (Å²) in [5.74, 6) is 1.21. The Hall–Kier alpha value is -3.92. The van der Waals surface area contributed by atoms with Gasteiger partial charge in [0.2, 0.25) is 5.91 Å². The maximum absolute atomic E-state index is 13.0. The average Bonchev–Trinajstić information content (AvgIpc) is 3.40. The standard InChI is InChI=1S/C29H25N3O/c1-20-8-6-12-24(16-20)31-19-23(17-28(31)33)29-30-26-14-4-5-15-27(26)32(29)18-22-11-7-10-21-9-2-3-13-25(21)22/h2-16,23H,17-19H2,1H3/t23-/m1/s1. The number of rotatable bonds is 4. The largest absolute Gasteiger partial charge is 0.323 e. The number of aromatic nitrogens is 2. The van der Waals surface area contributed by atoms with E-state index in [1.54, 1.807) is 0 Å². The summed E-state index contributed by atoms with van der Waals surface area (Å²) in [4.78, 5) is 20.0. The van der Waals surface area contributed by atoms with Crippen LogP contribution in [0, 0.1) is 6.92 Å². The van der Waals surface area contributed by atoms with Crippen LogP contribution in [0.1, 0.15) is 29.3 Å². The third-order valence-electron chi connectivity index (χ3n) is 6.70. The fourth-order valence-corrected chi connectivity index (χ4v) is 5.10. The minimum atomic E-state index is 0.0559. The number of para-hydroxylation sites is 2. The van der Waals surface area contributed by atoms with Crippen molar-refractivity contribution in [2.24, 2.45) is 0 Å². The van der Waals surface area contributed by atoms with Crippen LogP contribution in [0.3, 0.4) is 0 Å². The molecule has 4 heteroatoms. The minimum absolute atomic E-state index is 0.0559. The summed E-state index contributed by atoms with van der Waals surface area (Å²) in [6.07, 6.45) is 0.479. The van der Waals surface area contributed by atoms with Gasteiger partial charge in [0.15, 0.2) is 0 Å². The number of nitrogens with zero attached hydrogens (tertiary/aromatic N) is 3. The molecular weight excluding hydrogens is 406 g/mol. The molecule has 0 spiro atoms. The molecule has 33 heavy (non-hydrogen) atoms. The third kappa shape index (κ3) is 3.48. The van der Waals surface area contributed by atoms with Crippen LogP contribution >= 0.6 is 0 Å². The highest BCUT2D eigenvalue weighted by atomic mass is 16.2. The first-order chi connectivity index (χ1) is 16.2. The first kappa shape index (κ1) is 19.7. The van der Waals surface area contributed by atoms with Crippen molar-refractivity contribution < 1.29 is 4.79 Å². The molecule has 2 heterocycles. The van der Waals surface area contributed by atoms with Gasteiger partial charge < -0.3 is 9.47 Å². The molecule has 0 N–H and O–H groups in total. The Morgan fingerprint density at radius 1 is 0.909 bits per heavy atom. The van der Waals surface area contributed by atoms with Crippen molar-refractivity contribution in [3.8, 4) is 0 Å². The second kappa shape index (κ2) is 7.89. The van der Waals surface area contributed by atoms with Gasteiger partial charge in [0.25, 0.3) is 0 Å². The fraction of sp³-hybridized carbons (Fsp3) is 0.172. The van der Waals surface area contributed by atoms with Gasteiger partial charge >= 0.3 is 0 Å². The van der Waals surface area contributed by atoms with Crippen molar-refractivity contribution >= 4 is 33.4 Å². The van der Waals surface area contributed by atoms with Gasteiger partial charge in [0, 0.05) is 31.1 Å². The molecule has 1 amide bonds. The summed E-state index contributed by atoms with van der Waals surface area (Å²) in [5.41, 5.74) is 5.49. The van der Waals surface area contributed by atoms with Crippen molar-refractivity contribution in [1.82, 2.24) is 9.55 Å². The lowest BCUT2D eigenvalue weighted by Gasteiger charge is -2.18. The Kier molecular flexibility index (Phi) is 4.72. The number of carbonyl (C=O) groups excluding carboxylic acids is 1. The fourth-order valence-electron chi connectivity index (χ4n) is 5.10. The van der Waals surface area contributed by atoms with Crippen molar-refractivity contribution in [2.75, 3.05) is 11.4 Å². The number of carbonyl (C=O) groups is 1. The highest BCUT2D eigenvalue weighted by Gasteiger charge is 2.35. The van der Waals surface area contributed by atoms with Gasteiger partial charge in [-0.3, -0.25) is 4.79 Å². The van der Waals surface area contributed by atoms with Gasteiger partial charge in [-0.25, -0.2) is 4.98 Å². The lowest BCUT2D eigenvalue weighted by atomic mass is 10.0. The normalized spacial score (nSPS) is 16.2. The number of benzene rings is 4. The maximum Gasteiger partial charge on any atom is 0.227 e. The van der Waals surface area contributed by atoms with Crippen molar-refractivity contribution in [3.63, 3.8) is 0 Å². The van der Waals surface area contributed by atoms with Crippen LogP contribution in [-0.2, 0) is 11.3 Å². The summed E-state index contributed by atoms with van der Waals surface area (Å²) < 4.78 is 2.31. The van der Waals surface area contributed by atoms with Crippen LogP contribution in [0.2, 0.25) is 0 Å². The molecule has 162 valence electrons. The molecule has 0 saturated carbocycles. The number of hydrogen-bond donors (Lipinski definition) is 0. The second-order valence-electron chi connectivity index (χ2n) is 8.93. The Morgan fingerprint density at radius 3 is 2.61 bits per heavy atom. The van der Waals surface area contributed by atoms with E-state index in [2.05, 4.69) is 84.3 Å². The molecule has 0 bridgehead atoms. The zero-order valence-corrected chi connectivity index (χ0v) is 18.6. The third-order valence-corrected chi connectivity index (χ3v) is 6.70. The summed E-state index contributed by atoms with van der Waals surface area (Å²) in [7, 11) is 0. The predicted molar refractivity (Wildman–Crippen MR) is 134 cm³/mol. The molecule has 1 saturated heterocycles. The van der Waals surface area contributed by atoms with Crippen molar-refractivity contribution in [3.05, 3.63) is 108 Å².